The molecule has 0 aliphatic rings. The van der Waals surface area contributed by atoms with Crippen LogP contribution in [0.15, 0.2) is 36.0 Å². The molecule has 0 saturated carbocycles. The van der Waals surface area contributed by atoms with E-state index in [0.29, 0.717) is 19.0 Å². The summed E-state index contributed by atoms with van der Waals surface area (Å²) in [4.78, 5) is 11.2. The lowest BCUT2D eigenvalue weighted by atomic mass is 10.3. The fraction of sp³-hybridized carbons (Fsp3) is 0.286. The van der Waals surface area contributed by atoms with E-state index in [-0.39, 0.29) is 5.57 Å². The number of nitrogens with zero attached hydrogens (tertiary/aromatic N) is 1. The first-order valence-corrected chi connectivity index (χ1v) is 5.88. The van der Waals surface area contributed by atoms with E-state index in [1.54, 1.807) is 37.4 Å². The number of rotatable bonds is 7. The second kappa shape index (κ2) is 8.56. The first-order valence-electron chi connectivity index (χ1n) is 5.88. The lowest BCUT2D eigenvalue weighted by molar-refractivity contribution is -0.135. The summed E-state index contributed by atoms with van der Waals surface area (Å²) in [5.74, 6) is 0.0320. The van der Waals surface area contributed by atoms with Crippen LogP contribution in [0, 0.1) is 11.3 Å². The standard InChI is InChI=1S/C14H16N2O4/c1-18-7-8-20-13-5-3-12(4-6-13)16-10-11(9-15)14(17)19-2/h3-6,10,16H,7-8H2,1-2H3/b11-10-. The maximum atomic E-state index is 11.2. The molecule has 1 rings (SSSR count). The maximum absolute atomic E-state index is 11.2. The van der Waals surface area contributed by atoms with Gasteiger partial charge < -0.3 is 19.5 Å². The summed E-state index contributed by atoms with van der Waals surface area (Å²) in [5.41, 5.74) is 0.619. The Labute approximate surface area is 117 Å². The average molecular weight is 276 g/mol. The topological polar surface area (TPSA) is 80.6 Å². The van der Waals surface area contributed by atoms with Gasteiger partial charge in [0.15, 0.2) is 5.57 Å². The van der Waals surface area contributed by atoms with E-state index < -0.39 is 5.97 Å². The molecule has 0 aromatic heterocycles. The summed E-state index contributed by atoms with van der Waals surface area (Å²) in [6.45, 7) is 0.998. The van der Waals surface area contributed by atoms with E-state index in [1.165, 1.54) is 13.3 Å². The van der Waals surface area contributed by atoms with Crippen LogP contribution in [0.3, 0.4) is 0 Å². The van der Waals surface area contributed by atoms with Crippen molar-refractivity contribution < 1.29 is 19.0 Å². The predicted molar refractivity (Wildman–Crippen MR) is 73.1 cm³/mol. The molecule has 0 spiro atoms. The number of esters is 1. The summed E-state index contributed by atoms with van der Waals surface area (Å²) >= 11 is 0. The normalized spacial score (nSPS) is 10.6. The SMILES string of the molecule is COCCOc1ccc(N/C=C(/C#N)C(=O)OC)cc1. The first kappa shape index (κ1) is 15.5. The van der Waals surface area contributed by atoms with Gasteiger partial charge in [0.1, 0.15) is 18.4 Å². The number of methoxy groups -OCH3 is 2. The minimum Gasteiger partial charge on any atom is -0.491 e. The highest BCUT2D eigenvalue weighted by molar-refractivity contribution is 5.92. The Morgan fingerprint density at radius 1 is 1.30 bits per heavy atom. The van der Waals surface area contributed by atoms with Gasteiger partial charge in [0, 0.05) is 19.0 Å². The predicted octanol–water partition coefficient (Wildman–Crippen LogP) is 1.70. The molecule has 0 amide bonds. The Hall–Kier alpha value is -2.52. The third-order valence-electron chi connectivity index (χ3n) is 2.32. The largest absolute Gasteiger partial charge is 0.491 e. The van der Waals surface area contributed by atoms with Crippen LogP contribution in [-0.2, 0) is 14.3 Å². The van der Waals surface area contributed by atoms with Crippen molar-refractivity contribution in [2.45, 2.75) is 0 Å². The molecule has 1 N–H and O–H groups in total. The number of carbonyl (C=O) groups is 1. The van der Waals surface area contributed by atoms with Crippen LogP contribution in [0.4, 0.5) is 5.69 Å². The highest BCUT2D eigenvalue weighted by Crippen LogP contribution is 2.16. The number of nitriles is 1. The van der Waals surface area contributed by atoms with E-state index in [1.807, 2.05) is 0 Å². The number of ether oxygens (including phenoxy) is 3. The quantitative estimate of drug-likeness (QED) is 0.353. The van der Waals surface area contributed by atoms with Crippen LogP contribution in [-0.4, -0.2) is 33.4 Å². The van der Waals surface area contributed by atoms with Gasteiger partial charge in [-0.2, -0.15) is 5.26 Å². The molecular weight excluding hydrogens is 260 g/mol. The second-order valence-corrected chi connectivity index (χ2v) is 3.67. The van der Waals surface area contributed by atoms with E-state index in [9.17, 15) is 4.79 Å². The number of carbonyl (C=O) groups excluding carboxylic acids is 1. The smallest absolute Gasteiger partial charge is 0.350 e. The minimum absolute atomic E-state index is 0.104. The molecule has 20 heavy (non-hydrogen) atoms. The summed E-state index contributed by atoms with van der Waals surface area (Å²) in [6.07, 6.45) is 1.30. The first-order chi connectivity index (χ1) is 9.71. The minimum atomic E-state index is -0.681. The van der Waals surface area contributed by atoms with Crippen LogP contribution in [0.2, 0.25) is 0 Å². The third kappa shape index (κ3) is 5.00. The third-order valence-corrected chi connectivity index (χ3v) is 2.32. The van der Waals surface area contributed by atoms with Crippen molar-refractivity contribution in [1.82, 2.24) is 0 Å². The fourth-order valence-corrected chi connectivity index (χ4v) is 1.29. The lowest BCUT2D eigenvalue weighted by Crippen LogP contribution is -2.05. The van der Waals surface area contributed by atoms with Gasteiger partial charge in [-0.05, 0) is 24.3 Å². The van der Waals surface area contributed by atoms with E-state index in [0.717, 1.165) is 5.69 Å². The van der Waals surface area contributed by atoms with E-state index in [4.69, 9.17) is 14.7 Å². The van der Waals surface area contributed by atoms with Crippen molar-refractivity contribution in [1.29, 1.82) is 5.26 Å². The van der Waals surface area contributed by atoms with Crippen molar-refractivity contribution in [3.63, 3.8) is 0 Å². The average Bonchev–Trinajstić information content (AvgIpc) is 2.49. The molecule has 1 aromatic rings. The number of nitrogens with one attached hydrogen (secondary N) is 1. The number of anilines is 1. The molecule has 0 heterocycles. The molecule has 0 aliphatic heterocycles. The molecule has 6 nitrogen and oxygen atoms in total. The Morgan fingerprint density at radius 2 is 2.00 bits per heavy atom. The molecule has 0 radical (unpaired) electrons. The highest BCUT2D eigenvalue weighted by Gasteiger charge is 2.07. The Bertz CT molecular complexity index is 503. The number of hydrogen-bond acceptors (Lipinski definition) is 6. The van der Waals surface area contributed by atoms with Crippen molar-refractivity contribution in [3.8, 4) is 11.8 Å². The van der Waals surface area contributed by atoms with Crippen molar-refractivity contribution >= 4 is 11.7 Å². The molecule has 0 fully saturated rings. The highest BCUT2D eigenvalue weighted by atomic mass is 16.5. The zero-order valence-electron chi connectivity index (χ0n) is 11.4. The van der Waals surface area contributed by atoms with Gasteiger partial charge in [-0.25, -0.2) is 4.79 Å². The van der Waals surface area contributed by atoms with Gasteiger partial charge in [0.25, 0.3) is 0 Å². The molecule has 6 heteroatoms. The van der Waals surface area contributed by atoms with Crippen molar-refractivity contribution in [2.75, 3.05) is 32.8 Å². The van der Waals surface area contributed by atoms with E-state index >= 15 is 0 Å². The van der Waals surface area contributed by atoms with E-state index in [2.05, 4.69) is 10.1 Å². The maximum Gasteiger partial charge on any atom is 0.350 e. The van der Waals surface area contributed by atoms with Gasteiger partial charge in [-0.1, -0.05) is 0 Å². The Balaban J connectivity index is 2.59. The van der Waals surface area contributed by atoms with Gasteiger partial charge in [0.05, 0.1) is 13.7 Å². The molecule has 106 valence electrons. The van der Waals surface area contributed by atoms with Gasteiger partial charge >= 0.3 is 5.97 Å². The summed E-state index contributed by atoms with van der Waals surface area (Å²) in [7, 11) is 2.83. The Morgan fingerprint density at radius 3 is 2.55 bits per heavy atom. The molecule has 0 atom stereocenters. The molecular formula is C14H16N2O4. The molecule has 0 saturated heterocycles. The second-order valence-electron chi connectivity index (χ2n) is 3.67. The molecule has 0 aliphatic carbocycles. The summed E-state index contributed by atoms with van der Waals surface area (Å²) in [6, 6.07) is 8.84. The number of benzene rings is 1. The van der Waals surface area contributed by atoms with Crippen LogP contribution < -0.4 is 10.1 Å². The van der Waals surface area contributed by atoms with Crippen molar-refractivity contribution in [2.24, 2.45) is 0 Å². The van der Waals surface area contributed by atoms with Crippen LogP contribution in [0.25, 0.3) is 0 Å². The molecule has 1 aromatic carbocycles. The zero-order valence-corrected chi connectivity index (χ0v) is 11.4. The van der Waals surface area contributed by atoms with Gasteiger partial charge in [-0.15, -0.1) is 0 Å². The zero-order chi connectivity index (χ0) is 14.8. The Kier molecular flexibility index (Phi) is 6.65. The number of hydrogen-bond donors (Lipinski definition) is 1. The van der Waals surface area contributed by atoms with Gasteiger partial charge in [-0.3, -0.25) is 0 Å². The van der Waals surface area contributed by atoms with Crippen molar-refractivity contribution in [3.05, 3.63) is 36.0 Å². The van der Waals surface area contributed by atoms with Crippen LogP contribution in [0.5, 0.6) is 5.75 Å². The molecule has 0 bridgehead atoms. The summed E-state index contributed by atoms with van der Waals surface area (Å²) < 4.78 is 14.8. The molecule has 0 unspecified atom stereocenters. The van der Waals surface area contributed by atoms with Gasteiger partial charge in [0.2, 0.25) is 0 Å². The summed E-state index contributed by atoms with van der Waals surface area (Å²) in [5, 5.41) is 11.6. The fourth-order valence-electron chi connectivity index (χ4n) is 1.29. The van der Waals surface area contributed by atoms with Crippen LogP contribution >= 0.6 is 0 Å². The lowest BCUT2D eigenvalue weighted by Gasteiger charge is -2.06. The van der Waals surface area contributed by atoms with Crippen LogP contribution in [0.1, 0.15) is 0 Å². The monoisotopic (exact) mass is 276 g/mol.